The number of rotatable bonds is 5. The summed E-state index contributed by atoms with van der Waals surface area (Å²) < 4.78 is 10.7. The van der Waals surface area contributed by atoms with Crippen LogP contribution in [0.2, 0.25) is 0 Å². The van der Waals surface area contributed by atoms with E-state index in [0.29, 0.717) is 6.61 Å². The number of likely N-dealkylation sites (tertiary alicyclic amines) is 1. The molecule has 0 aliphatic carbocycles. The fourth-order valence-corrected chi connectivity index (χ4v) is 2.93. The van der Waals surface area contributed by atoms with E-state index in [0.717, 1.165) is 38.2 Å². The molecule has 1 heterocycles. The monoisotopic (exact) mass is 291 g/mol. The molecule has 0 saturated carbocycles. The van der Waals surface area contributed by atoms with Crippen molar-refractivity contribution >= 4 is 5.97 Å². The average molecular weight is 291 g/mol. The number of piperidine rings is 1. The molecule has 2 rings (SSSR count). The lowest BCUT2D eigenvalue weighted by molar-refractivity contribution is -0.147. The Morgan fingerprint density at radius 2 is 2.00 bits per heavy atom. The first kappa shape index (κ1) is 15.8. The smallest absolute Gasteiger partial charge is 0.309 e. The molecule has 0 N–H and O–H groups in total. The van der Waals surface area contributed by atoms with Gasteiger partial charge >= 0.3 is 5.97 Å². The maximum Gasteiger partial charge on any atom is 0.309 e. The van der Waals surface area contributed by atoms with Crippen LogP contribution in [0.1, 0.15) is 24.0 Å². The van der Waals surface area contributed by atoms with E-state index in [1.807, 2.05) is 0 Å². The molecule has 21 heavy (non-hydrogen) atoms. The summed E-state index contributed by atoms with van der Waals surface area (Å²) >= 11 is 0. The molecule has 0 amide bonds. The maximum atomic E-state index is 11.6. The summed E-state index contributed by atoms with van der Waals surface area (Å²) in [6, 6.07) is 6.25. The molecule has 1 aliphatic heterocycles. The SMILES string of the molecule is COC(=O)[C@H]1CCCN(CCOc2cc(C)cc(C)c2)C1. The van der Waals surface area contributed by atoms with Crippen LogP contribution in [0.3, 0.4) is 0 Å². The van der Waals surface area contributed by atoms with Crippen molar-refractivity contribution in [2.75, 3.05) is 33.4 Å². The van der Waals surface area contributed by atoms with Crippen LogP contribution in [-0.4, -0.2) is 44.2 Å². The van der Waals surface area contributed by atoms with Crippen LogP contribution in [-0.2, 0) is 9.53 Å². The van der Waals surface area contributed by atoms with Gasteiger partial charge < -0.3 is 9.47 Å². The van der Waals surface area contributed by atoms with Crippen molar-refractivity contribution in [1.29, 1.82) is 0 Å². The molecular formula is C17H25NO3. The Kier molecular flexibility index (Phi) is 5.62. The van der Waals surface area contributed by atoms with Gasteiger partial charge in [-0.2, -0.15) is 0 Å². The summed E-state index contributed by atoms with van der Waals surface area (Å²) in [7, 11) is 1.46. The van der Waals surface area contributed by atoms with E-state index in [2.05, 4.69) is 36.9 Å². The predicted octanol–water partition coefficient (Wildman–Crippen LogP) is 2.57. The van der Waals surface area contributed by atoms with E-state index in [9.17, 15) is 4.79 Å². The number of hydrogen-bond acceptors (Lipinski definition) is 4. The fraction of sp³-hybridized carbons (Fsp3) is 0.588. The van der Waals surface area contributed by atoms with Gasteiger partial charge in [0.15, 0.2) is 0 Å². The van der Waals surface area contributed by atoms with Crippen molar-refractivity contribution in [2.24, 2.45) is 5.92 Å². The lowest BCUT2D eigenvalue weighted by Gasteiger charge is -2.31. The average Bonchev–Trinajstić information content (AvgIpc) is 2.46. The lowest BCUT2D eigenvalue weighted by Crippen LogP contribution is -2.41. The molecule has 0 spiro atoms. The van der Waals surface area contributed by atoms with Gasteiger partial charge in [0, 0.05) is 13.1 Å². The van der Waals surface area contributed by atoms with Crippen molar-refractivity contribution < 1.29 is 14.3 Å². The van der Waals surface area contributed by atoms with E-state index >= 15 is 0 Å². The van der Waals surface area contributed by atoms with Crippen molar-refractivity contribution in [3.8, 4) is 5.75 Å². The quantitative estimate of drug-likeness (QED) is 0.782. The zero-order chi connectivity index (χ0) is 15.2. The minimum atomic E-state index is -0.0880. The second-order valence-corrected chi connectivity index (χ2v) is 5.83. The van der Waals surface area contributed by atoms with Crippen LogP contribution in [0.5, 0.6) is 5.75 Å². The maximum absolute atomic E-state index is 11.6. The summed E-state index contributed by atoms with van der Waals surface area (Å²) in [5, 5.41) is 0. The minimum Gasteiger partial charge on any atom is -0.492 e. The van der Waals surface area contributed by atoms with Gasteiger partial charge in [0.05, 0.1) is 13.0 Å². The van der Waals surface area contributed by atoms with Gasteiger partial charge in [0.25, 0.3) is 0 Å². The summed E-state index contributed by atoms with van der Waals surface area (Å²) in [5.74, 6) is 0.855. The minimum absolute atomic E-state index is 0.0185. The number of benzene rings is 1. The Bertz CT molecular complexity index is 467. The molecule has 1 fully saturated rings. The summed E-state index contributed by atoms with van der Waals surface area (Å²) in [6.45, 7) is 7.46. The molecule has 4 heteroatoms. The third-order valence-corrected chi connectivity index (χ3v) is 3.91. The highest BCUT2D eigenvalue weighted by Gasteiger charge is 2.26. The molecule has 1 atom stereocenters. The van der Waals surface area contributed by atoms with Crippen LogP contribution in [0.15, 0.2) is 18.2 Å². The number of esters is 1. The normalized spacial score (nSPS) is 19.3. The highest BCUT2D eigenvalue weighted by molar-refractivity contribution is 5.72. The van der Waals surface area contributed by atoms with Gasteiger partial charge in [0.1, 0.15) is 12.4 Å². The highest BCUT2D eigenvalue weighted by Crippen LogP contribution is 2.19. The van der Waals surface area contributed by atoms with Crippen LogP contribution in [0, 0.1) is 19.8 Å². The van der Waals surface area contributed by atoms with Crippen LogP contribution < -0.4 is 4.74 Å². The van der Waals surface area contributed by atoms with Gasteiger partial charge in [-0.05, 0) is 56.5 Å². The summed E-state index contributed by atoms with van der Waals surface area (Å²) in [5.41, 5.74) is 2.43. The van der Waals surface area contributed by atoms with Gasteiger partial charge in [-0.3, -0.25) is 9.69 Å². The number of ether oxygens (including phenoxy) is 2. The van der Waals surface area contributed by atoms with Crippen LogP contribution in [0.25, 0.3) is 0 Å². The molecular weight excluding hydrogens is 266 g/mol. The van der Waals surface area contributed by atoms with Crippen molar-refractivity contribution in [2.45, 2.75) is 26.7 Å². The van der Waals surface area contributed by atoms with Crippen LogP contribution >= 0.6 is 0 Å². The van der Waals surface area contributed by atoms with Gasteiger partial charge in [-0.1, -0.05) is 6.07 Å². The molecule has 0 radical (unpaired) electrons. The Labute approximate surface area is 127 Å². The molecule has 4 nitrogen and oxygen atoms in total. The molecule has 0 bridgehead atoms. The standard InChI is InChI=1S/C17H25NO3/c1-13-9-14(2)11-16(10-13)21-8-7-18-6-4-5-15(12-18)17(19)20-3/h9-11,15H,4-8,12H2,1-3H3/t15-/m0/s1. The van der Waals surface area contributed by atoms with E-state index < -0.39 is 0 Å². The Hall–Kier alpha value is -1.55. The lowest BCUT2D eigenvalue weighted by atomic mass is 9.98. The van der Waals surface area contributed by atoms with Gasteiger partial charge in [-0.25, -0.2) is 0 Å². The molecule has 1 saturated heterocycles. The van der Waals surface area contributed by atoms with Gasteiger partial charge in [-0.15, -0.1) is 0 Å². The Morgan fingerprint density at radius 1 is 1.29 bits per heavy atom. The molecule has 0 unspecified atom stereocenters. The first-order chi connectivity index (χ1) is 10.1. The number of carbonyl (C=O) groups is 1. The zero-order valence-electron chi connectivity index (χ0n) is 13.2. The van der Waals surface area contributed by atoms with E-state index in [4.69, 9.17) is 9.47 Å². The molecule has 1 aliphatic rings. The number of nitrogens with zero attached hydrogens (tertiary/aromatic N) is 1. The predicted molar refractivity (Wildman–Crippen MR) is 82.6 cm³/mol. The van der Waals surface area contributed by atoms with Crippen molar-refractivity contribution in [3.63, 3.8) is 0 Å². The highest BCUT2D eigenvalue weighted by atomic mass is 16.5. The fourth-order valence-electron chi connectivity index (χ4n) is 2.93. The van der Waals surface area contributed by atoms with E-state index in [1.54, 1.807) is 0 Å². The second kappa shape index (κ2) is 7.46. The summed E-state index contributed by atoms with van der Waals surface area (Å²) in [4.78, 5) is 13.9. The molecule has 1 aromatic carbocycles. The van der Waals surface area contributed by atoms with Crippen molar-refractivity contribution in [3.05, 3.63) is 29.3 Å². The molecule has 116 valence electrons. The second-order valence-electron chi connectivity index (χ2n) is 5.83. The van der Waals surface area contributed by atoms with Crippen LogP contribution in [0.4, 0.5) is 0 Å². The largest absolute Gasteiger partial charge is 0.492 e. The first-order valence-corrected chi connectivity index (χ1v) is 7.60. The number of hydrogen-bond donors (Lipinski definition) is 0. The molecule has 1 aromatic rings. The number of carbonyl (C=O) groups excluding carboxylic acids is 1. The van der Waals surface area contributed by atoms with E-state index in [-0.39, 0.29) is 11.9 Å². The Balaban J connectivity index is 1.79. The number of methoxy groups -OCH3 is 1. The zero-order valence-corrected chi connectivity index (χ0v) is 13.2. The topological polar surface area (TPSA) is 38.8 Å². The molecule has 0 aromatic heterocycles. The summed E-state index contributed by atoms with van der Waals surface area (Å²) in [6.07, 6.45) is 1.98. The van der Waals surface area contributed by atoms with Crippen molar-refractivity contribution in [1.82, 2.24) is 4.90 Å². The first-order valence-electron chi connectivity index (χ1n) is 7.60. The third kappa shape index (κ3) is 4.74. The number of aryl methyl sites for hydroxylation is 2. The van der Waals surface area contributed by atoms with E-state index in [1.165, 1.54) is 18.2 Å². The third-order valence-electron chi connectivity index (χ3n) is 3.91. The Morgan fingerprint density at radius 3 is 2.67 bits per heavy atom. The van der Waals surface area contributed by atoms with Gasteiger partial charge in [0.2, 0.25) is 0 Å².